The Bertz CT molecular complexity index is 334. The van der Waals surface area contributed by atoms with Crippen LogP contribution < -0.4 is 0 Å². The lowest BCUT2D eigenvalue weighted by Crippen LogP contribution is -2.36. The van der Waals surface area contributed by atoms with Crippen LogP contribution in [-0.2, 0) is 0 Å². The highest BCUT2D eigenvalue weighted by atomic mass is 35.5. The summed E-state index contributed by atoms with van der Waals surface area (Å²) < 4.78 is 0.970. The fourth-order valence-electron chi connectivity index (χ4n) is 1.02. The first-order chi connectivity index (χ1) is 6.88. The van der Waals surface area contributed by atoms with Crippen LogP contribution in [0.1, 0.15) is 0 Å². The minimum atomic E-state index is 0.691. The van der Waals surface area contributed by atoms with E-state index < -0.39 is 0 Å². The van der Waals surface area contributed by atoms with E-state index in [1.807, 2.05) is 12.1 Å². The van der Waals surface area contributed by atoms with Crippen molar-refractivity contribution in [1.82, 2.24) is 0 Å². The van der Waals surface area contributed by atoms with Gasteiger partial charge >= 0.3 is 0 Å². The van der Waals surface area contributed by atoms with Gasteiger partial charge in [-0.25, -0.2) is 0 Å². The van der Waals surface area contributed by atoms with E-state index in [-0.39, 0.29) is 0 Å². The maximum Gasteiger partial charge on any atom is 0.0875 e. The van der Waals surface area contributed by atoms with Gasteiger partial charge in [-0.1, -0.05) is 23.2 Å². The van der Waals surface area contributed by atoms with Crippen LogP contribution in [0.4, 0.5) is 0 Å². The Kier molecular flexibility index (Phi) is 4.78. The predicted molar refractivity (Wildman–Crippen MR) is 70.1 cm³/mol. The summed E-state index contributed by atoms with van der Waals surface area (Å²) in [5.74, 6) is 1.06. The summed E-state index contributed by atoms with van der Waals surface area (Å²) >= 11 is 13.7. The van der Waals surface area contributed by atoms with Gasteiger partial charge in [0.25, 0.3) is 0 Å². The second-order valence-corrected chi connectivity index (χ2v) is 6.42. The van der Waals surface area contributed by atoms with Gasteiger partial charge in [-0.15, -0.1) is 11.8 Å². The van der Waals surface area contributed by atoms with Crippen molar-refractivity contribution in [3.8, 4) is 0 Å². The molecule has 0 aromatic heterocycles. The van der Waals surface area contributed by atoms with Crippen LogP contribution in [0.2, 0.25) is 10.0 Å². The average molecular weight is 265 g/mol. The first-order valence-electron chi connectivity index (χ1n) is 4.77. The van der Waals surface area contributed by atoms with Crippen LogP contribution in [0.3, 0.4) is 0 Å². The normalized spacial score (nSPS) is 11.8. The monoisotopic (exact) mass is 264 g/mol. The molecule has 0 radical (unpaired) electrons. The molecule has 84 valence electrons. The molecule has 0 N–H and O–H groups in total. The zero-order valence-electron chi connectivity index (χ0n) is 9.26. The second-order valence-electron chi connectivity index (χ2n) is 4.44. The largest absolute Gasteiger partial charge is 0.330 e. The van der Waals surface area contributed by atoms with Crippen molar-refractivity contribution in [2.75, 3.05) is 33.4 Å². The first kappa shape index (κ1) is 13.2. The van der Waals surface area contributed by atoms with Crippen molar-refractivity contribution in [3.63, 3.8) is 0 Å². The number of quaternary nitrogens is 1. The third-order valence-corrected chi connectivity index (χ3v) is 3.63. The summed E-state index contributed by atoms with van der Waals surface area (Å²) in [4.78, 5) is 1.11. The molecule has 0 fully saturated rings. The van der Waals surface area contributed by atoms with Crippen LogP contribution in [0.15, 0.2) is 23.1 Å². The molecule has 0 aliphatic carbocycles. The Balaban J connectivity index is 2.51. The van der Waals surface area contributed by atoms with Gasteiger partial charge in [-0.05, 0) is 18.2 Å². The van der Waals surface area contributed by atoms with E-state index in [0.29, 0.717) is 5.02 Å². The summed E-state index contributed by atoms with van der Waals surface area (Å²) in [7, 11) is 6.55. The lowest BCUT2D eigenvalue weighted by atomic mass is 10.4. The van der Waals surface area contributed by atoms with E-state index in [2.05, 4.69) is 21.1 Å². The van der Waals surface area contributed by atoms with Crippen molar-refractivity contribution >= 4 is 35.0 Å². The zero-order chi connectivity index (χ0) is 11.5. The molecule has 0 aliphatic rings. The summed E-state index contributed by atoms with van der Waals surface area (Å²) in [6, 6.07) is 5.64. The molecule has 1 rings (SSSR count). The van der Waals surface area contributed by atoms with Crippen LogP contribution in [-0.4, -0.2) is 37.9 Å². The first-order valence-corrected chi connectivity index (χ1v) is 6.51. The van der Waals surface area contributed by atoms with Gasteiger partial charge in [0.1, 0.15) is 0 Å². The van der Waals surface area contributed by atoms with E-state index in [9.17, 15) is 0 Å². The third kappa shape index (κ3) is 5.12. The van der Waals surface area contributed by atoms with Crippen molar-refractivity contribution in [3.05, 3.63) is 28.2 Å². The molecule has 1 aromatic carbocycles. The number of halogens is 2. The lowest BCUT2D eigenvalue weighted by Gasteiger charge is -2.23. The molecule has 15 heavy (non-hydrogen) atoms. The molecule has 0 aliphatic heterocycles. The van der Waals surface area contributed by atoms with Gasteiger partial charge in [-0.2, -0.15) is 0 Å². The molecule has 0 atom stereocenters. The lowest BCUT2D eigenvalue weighted by molar-refractivity contribution is -0.867. The maximum atomic E-state index is 6.07. The summed E-state index contributed by atoms with van der Waals surface area (Å²) in [6.07, 6.45) is 0. The molecule has 1 aromatic rings. The van der Waals surface area contributed by atoms with Crippen LogP contribution in [0.25, 0.3) is 0 Å². The Morgan fingerprint density at radius 1 is 1.20 bits per heavy atom. The maximum absolute atomic E-state index is 6.07. The van der Waals surface area contributed by atoms with Crippen LogP contribution in [0.5, 0.6) is 0 Å². The molecule has 0 saturated heterocycles. The molecule has 1 nitrogen and oxygen atoms in total. The average Bonchev–Trinajstić information content (AvgIpc) is 2.07. The highest BCUT2D eigenvalue weighted by Gasteiger charge is 2.08. The Hall–Kier alpha value is 0.110. The fourth-order valence-corrected chi connectivity index (χ4v) is 2.81. The Morgan fingerprint density at radius 3 is 2.40 bits per heavy atom. The van der Waals surface area contributed by atoms with E-state index >= 15 is 0 Å². The van der Waals surface area contributed by atoms with Crippen molar-refractivity contribution in [2.24, 2.45) is 0 Å². The molecule has 0 bridgehead atoms. The van der Waals surface area contributed by atoms with Gasteiger partial charge in [0.05, 0.1) is 32.7 Å². The highest BCUT2D eigenvalue weighted by molar-refractivity contribution is 7.99. The molecule has 0 amide bonds. The van der Waals surface area contributed by atoms with Crippen LogP contribution >= 0.6 is 35.0 Å². The quantitative estimate of drug-likeness (QED) is 0.589. The van der Waals surface area contributed by atoms with Crippen molar-refractivity contribution < 1.29 is 4.48 Å². The van der Waals surface area contributed by atoms with E-state index in [1.165, 1.54) is 0 Å². The van der Waals surface area contributed by atoms with Crippen molar-refractivity contribution in [2.45, 2.75) is 4.90 Å². The van der Waals surface area contributed by atoms with Gasteiger partial charge in [0, 0.05) is 15.7 Å². The summed E-state index contributed by atoms with van der Waals surface area (Å²) in [5, 5.41) is 1.44. The number of hydrogen-bond donors (Lipinski definition) is 0. The van der Waals surface area contributed by atoms with Gasteiger partial charge in [0.2, 0.25) is 0 Å². The number of nitrogens with zero attached hydrogens (tertiary/aromatic N) is 1. The van der Waals surface area contributed by atoms with Gasteiger partial charge in [-0.3, -0.25) is 0 Å². The number of benzene rings is 1. The molecule has 4 heteroatoms. The standard InChI is InChI=1S/C11H16Cl2NS/c1-14(2,3)6-7-15-11-5-4-9(12)8-10(11)13/h4-5,8H,6-7H2,1-3H3/q+1. The number of hydrogen-bond acceptors (Lipinski definition) is 1. The minimum absolute atomic E-state index is 0.691. The minimum Gasteiger partial charge on any atom is -0.330 e. The molecule has 0 saturated carbocycles. The third-order valence-electron chi connectivity index (χ3n) is 1.91. The van der Waals surface area contributed by atoms with E-state index in [4.69, 9.17) is 23.2 Å². The SMILES string of the molecule is C[N+](C)(C)CCSc1ccc(Cl)cc1Cl. The summed E-state index contributed by atoms with van der Waals surface area (Å²) in [6.45, 7) is 1.11. The fraction of sp³-hybridized carbons (Fsp3) is 0.455. The number of thioether (sulfide) groups is 1. The Labute approximate surface area is 106 Å². The van der Waals surface area contributed by atoms with Crippen molar-refractivity contribution in [1.29, 1.82) is 0 Å². The molecule has 0 unspecified atom stereocenters. The topological polar surface area (TPSA) is 0 Å². The van der Waals surface area contributed by atoms with Crippen LogP contribution in [0, 0.1) is 0 Å². The Morgan fingerprint density at radius 2 is 1.87 bits per heavy atom. The zero-order valence-corrected chi connectivity index (χ0v) is 11.6. The highest BCUT2D eigenvalue weighted by Crippen LogP contribution is 2.29. The predicted octanol–water partition coefficient (Wildman–Crippen LogP) is 3.79. The van der Waals surface area contributed by atoms with E-state index in [0.717, 1.165) is 26.7 Å². The molecular formula is C11H16Cl2NS+. The summed E-state index contributed by atoms with van der Waals surface area (Å²) in [5.41, 5.74) is 0. The second kappa shape index (κ2) is 5.44. The van der Waals surface area contributed by atoms with Gasteiger partial charge in [0.15, 0.2) is 0 Å². The van der Waals surface area contributed by atoms with Gasteiger partial charge < -0.3 is 4.48 Å². The molecule has 0 heterocycles. The van der Waals surface area contributed by atoms with E-state index in [1.54, 1.807) is 17.8 Å². The molecule has 0 spiro atoms. The number of rotatable bonds is 4. The molecular weight excluding hydrogens is 249 g/mol. The smallest absolute Gasteiger partial charge is 0.0875 e.